The van der Waals surface area contributed by atoms with Crippen molar-refractivity contribution >= 4 is 5.97 Å². The van der Waals surface area contributed by atoms with E-state index >= 15 is 0 Å². The normalized spacial score (nSPS) is 10.5. The SMILES string of the molecule is CCOC(=O)c1ccc(-c2nc(-c3ccc(C)cc3)no2)cc1. The maximum absolute atomic E-state index is 11.6. The standard InChI is InChI=1S/C18H16N2O3/c1-3-22-18(21)15-10-8-14(9-11-15)17-19-16(20-23-17)13-6-4-12(2)5-7-13/h4-11H,3H2,1-2H3. The summed E-state index contributed by atoms with van der Waals surface area (Å²) in [5.74, 6) is 0.607. The Balaban J connectivity index is 1.83. The summed E-state index contributed by atoms with van der Waals surface area (Å²) in [5.41, 5.74) is 3.32. The number of aromatic nitrogens is 2. The number of hydrogen-bond donors (Lipinski definition) is 0. The number of nitrogens with zero attached hydrogens (tertiary/aromatic N) is 2. The molecule has 0 unspecified atom stereocenters. The second-order valence-corrected chi connectivity index (χ2v) is 5.09. The predicted molar refractivity (Wildman–Crippen MR) is 85.9 cm³/mol. The van der Waals surface area contributed by atoms with Gasteiger partial charge >= 0.3 is 5.97 Å². The zero-order chi connectivity index (χ0) is 16.2. The van der Waals surface area contributed by atoms with Crippen molar-refractivity contribution in [2.45, 2.75) is 13.8 Å². The van der Waals surface area contributed by atoms with Crippen LogP contribution in [0.4, 0.5) is 0 Å². The lowest BCUT2D eigenvalue weighted by Gasteiger charge is -2.01. The first kappa shape index (κ1) is 15.0. The molecule has 116 valence electrons. The van der Waals surface area contributed by atoms with Crippen molar-refractivity contribution in [1.29, 1.82) is 0 Å². The van der Waals surface area contributed by atoms with E-state index in [1.54, 1.807) is 31.2 Å². The third kappa shape index (κ3) is 3.29. The quantitative estimate of drug-likeness (QED) is 0.684. The van der Waals surface area contributed by atoms with E-state index in [1.807, 2.05) is 31.2 Å². The molecular formula is C18H16N2O3. The molecule has 0 spiro atoms. The van der Waals surface area contributed by atoms with Gasteiger partial charge in [-0.2, -0.15) is 4.98 Å². The van der Waals surface area contributed by atoms with E-state index in [4.69, 9.17) is 9.26 Å². The average molecular weight is 308 g/mol. The van der Waals surface area contributed by atoms with Gasteiger partial charge in [0.15, 0.2) is 0 Å². The average Bonchev–Trinajstić information content (AvgIpc) is 3.06. The molecule has 5 nitrogen and oxygen atoms in total. The Morgan fingerprint density at radius 2 is 1.70 bits per heavy atom. The molecule has 3 rings (SSSR count). The fourth-order valence-electron chi connectivity index (χ4n) is 2.12. The Kier molecular flexibility index (Phi) is 4.19. The number of esters is 1. The molecule has 0 saturated carbocycles. The number of carbonyl (C=O) groups is 1. The zero-order valence-electron chi connectivity index (χ0n) is 12.9. The highest BCUT2D eigenvalue weighted by Crippen LogP contribution is 2.23. The smallest absolute Gasteiger partial charge is 0.338 e. The predicted octanol–water partition coefficient (Wildman–Crippen LogP) is 3.89. The minimum Gasteiger partial charge on any atom is -0.462 e. The lowest BCUT2D eigenvalue weighted by molar-refractivity contribution is 0.0526. The zero-order valence-corrected chi connectivity index (χ0v) is 12.9. The molecule has 1 heterocycles. The molecule has 0 saturated heterocycles. The van der Waals surface area contributed by atoms with Crippen LogP contribution in [-0.2, 0) is 4.74 Å². The summed E-state index contributed by atoms with van der Waals surface area (Å²) in [7, 11) is 0. The maximum atomic E-state index is 11.6. The molecule has 1 aromatic heterocycles. The minimum absolute atomic E-state index is 0.343. The molecule has 0 amide bonds. The van der Waals surface area contributed by atoms with Gasteiger partial charge in [-0.15, -0.1) is 0 Å². The molecule has 3 aromatic rings. The highest BCUT2D eigenvalue weighted by molar-refractivity contribution is 5.89. The van der Waals surface area contributed by atoms with Crippen molar-refractivity contribution in [2.24, 2.45) is 0 Å². The molecule has 0 aliphatic heterocycles. The lowest BCUT2D eigenvalue weighted by Crippen LogP contribution is -2.03. The van der Waals surface area contributed by atoms with Crippen LogP contribution in [-0.4, -0.2) is 22.7 Å². The molecule has 0 fully saturated rings. The van der Waals surface area contributed by atoms with Crippen LogP contribution in [0.25, 0.3) is 22.8 Å². The van der Waals surface area contributed by atoms with Crippen molar-refractivity contribution in [1.82, 2.24) is 10.1 Å². The summed E-state index contributed by atoms with van der Waals surface area (Å²) in [5, 5.41) is 4.00. The Labute approximate surface area is 133 Å². The van der Waals surface area contributed by atoms with Crippen LogP contribution in [0.15, 0.2) is 53.1 Å². The third-order valence-electron chi connectivity index (χ3n) is 3.38. The van der Waals surface area contributed by atoms with Crippen LogP contribution in [0.1, 0.15) is 22.8 Å². The summed E-state index contributed by atoms with van der Waals surface area (Å²) in [4.78, 5) is 16.0. The number of aryl methyl sites for hydroxylation is 1. The van der Waals surface area contributed by atoms with Crippen molar-refractivity contribution in [3.8, 4) is 22.8 Å². The number of carbonyl (C=O) groups excluding carboxylic acids is 1. The summed E-state index contributed by atoms with van der Waals surface area (Å²) in [6.45, 7) is 4.15. The third-order valence-corrected chi connectivity index (χ3v) is 3.38. The molecule has 0 bridgehead atoms. The Morgan fingerprint density at radius 1 is 1.04 bits per heavy atom. The largest absolute Gasteiger partial charge is 0.462 e. The van der Waals surface area contributed by atoms with Crippen molar-refractivity contribution in [3.05, 3.63) is 59.7 Å². The van der Waals surface area contributed by atoms with E-state index in [0.29, 0.717) is 23.9 Å². The fraction of sp³-hybridized carbons (Fsp3) is 0.167. The molecule has 5 heteroatoms. The van der Waals surface area contributed by atoms with Gasteiger partial charge in [-0.1, -0.05) is 35.0 Å². The van der Waals surface area contributed by atoms with E-state index in [-0.39, 0.29) is 5.97 Å². The Morgan fingerprint density at radius 3 is 2.35 bits per heavy atom. The number of benzene rings is 2. The van der Waals surface area contributed by atoms with Gasteiger partial charge in [0.25, 0.3) is 5.89 Å². The van der Waals surface area contributed by atoms with Crippen molar-refractivity contribution in [2.75, 3.05) is 6.61 Å². The van der Waals surface area contributed by atoms with Gasteiger partial charge in [-0.05, 0) is 38.1 Å². The van der Waals surface area contributed by atoms with Crippen molar-refractivity contribution < 1.29 is 14.1 Å². The monoisotopic (exact) mass is 308 g/mol. The summed E-state index contributed by atoms with van der Waals surface area (Å²) >= 11 is 0. The van der Waals surface area contributed by atoms with E-state index in [2.05, 4.69) is 10.1 Å². The molecule has 0 radical (unpaired) electrons. The highest BCUT2D eigenvalue weighted by atomic mass is 16.5. The van der Waals surface area contributed by atoms with Crippen molar-refractivity contribution in [3.63, 3.8) is 0 Å². The van der Waals surface area contributed by atoms with Crippen LogP contribution in [0.2, 0.25) is 0 Å². The number of rotatable bonds is 4. The Hall–Kier alpha value is -2.95. The molecule has 0 aliphatic carbocycles. The van der Waals surface area contributed by atoms with Crippen LogP contribution in [0, 0.1) is 6.92 Å². The Bertz CT molecular complexity index is 805. The van der Waals surface area contributed by atoms with Gasteiger partial charge in [0.1, 0.15) is 0 Å². The van der Waals surface area contributed by atoms with Gasteiger partial charge in [-0.3, -0.25) is 0 Å². The van der Waals surface area contributed by atoms with Gasteiger partial charge < -0.3 is 9.26 Å². The molecule has 0 aliphatic rings. The summed E-state index contributed by atoms with van der Waals surface area (Å²) in [6, 6.07) is 14.8. The first-order valence-electron chi connectivity index (χ1n) is 7.35. The highest BCUT2D eigenvalue weighted by Gasteiger charge is 2.12. The van der Waals surface area contributed by atoms with E-state index < -0.39 is 0 Å². The van der Waals surface area contributed by atoms with Gasteiger partial charge in [0, 0.05) is 11.1 Å². The van der Waals surface area contributed by atoms with E-state index in [0.717, 1.165) is 11.1 Å². The second-order valence-electron chi connectivity index (χ2n) is 5.09. The topological polar surface area (TPSA) is 65.2 Å². The van der Waals surface area contributed by atoms with Gasteiger partial charge in [-0.25, -0.2) is 4.79 Å². The lowest BCUT2D eigenvalue weighted by atomic mass is 10.1. The molecule has 23 heavy (non-hydrogen) atoms. The summed E-state index contributed by atoms with van der Waals surface area (Å²) < 4.78 is 10.3. The van der Waals surface area contributed by atoms with E-state index in [9.17, 15) is 4.79 Å². The first-order chi connectivity index (χ1) is 11.2. The number of hydrogen-bond acceptors (Lipinski definition) is 5. The maximum Gasteiger partial charge on any atom is 0.338 e. The summed E-state index contributed by atoms with van der Waals surface area (Å²) in [6.07, 6.45) is 0. The fourth-order valence-corrected chi connectivity index (χ4v) is 2.12. The molecule has 2 aromatic carbocycles. The molecule has 0 atom stereocenters. The molecular weight excluding hydrogens is 292 g/mol. The number of ether oxygens (including phenoxy) is 1. The first-order valence-corrected chi connectivity index (χ1v) is 7.35. The van der Waals surface area contributed by atoms with Crippen LogP contribution in [0.3, 0.4) is 0 Å². The van der Waals surface area contributed by atoms with Gasteiger partial charge in [0.2, 0.25) is 5.82 Å². The van der Waals surface area contributed by atoms with E-state index in [1.165, 1.54) is 5.56 Å². The second kappa shape index (κ2) is 6.44. The van der Waals surface area contributed by atoms with Crippen LogP contribution in [0.5, 0.6) is 0 Å². The minimum atomic E-state index is -0.343. The van der Waals surface area contributed by atoms with Gasteiger partial charge in [0.05, 0.1) is 12.2 Å². The van der Waals surface area contributed by atoms with Crippen LogP contribution >= 0.6 is 0 Å². The molecule has 0 N–H and O–H groups in total. The van der Waals surface area contributed by atoms with Crippen LogP contribution < -0.4 is 0 Å².